The van der Waals surface area contributed by atoms with Gasteiger partial charge in [0.05, 0.1) is 6.33 Å². The van der Waals surface area contributed by atoms with E-state index < -0.39 is 0 Å². The highest BCUT2D eigenvalue weighted by atomic mass is 15.1. The van der Waals surface area contributed by atoms with Crippen molar-refractivity contribution < 1.29 is 0 Å². The first-order valence-corrected chi connectivity index (χ1v) is 5.13. The molecule has 1 unspecified atom stereocenters. The smallest absolute Gasteiger partial charge is 0.0946 e. The summed E-state index contributed by atoms with van der Waals surface area (Å²) in [6.07, 6.45) is 9.86. The Kier molecular flexibility index (Phi) is 5.00. The van der Waals surface area contributed by atoms with Crippen LogP contribution in [0.25, 0.3) is 0 Å². The summed E-state index contributed by atoms with van der Waals surface area (Å²) < 4.78 is 2.09. The molecule has 1 heterocycles. The number of unbranched alkanes of at least 4 members (excludes halogenated alkanes) is 1. The highest BCUT2D eigenvalue weighted by Gasteiger charge is 2.00. The summed E-state index contributed by atoms with van der Waals surface area (Å²) in [4.78, 5) is 4.01. The van der Waals surface area contributed by atoms with E-state index in [1.807, 2.05) is 24.8 Å². The second-order valence-electron chi connectivity index (χ2n) is 3.55. The monoisotopic (exact) mass is 193 g/mol. The predicted molar refractivity (Wildman–Crippen MR) is 59.1 cm³/mol. The summed E-state index contributed by atoms with van der Waals surface area (Å²) in [6.45, 7) is 7.92. The van der Waals surface area contributed by atoms with Gasteiger partial charge in [-0.2, -0.15) is 0 Å². The number of aromatic nitrogens is 2. The van der Waals surface area contributed by atoms with Crippen LogP contribution in [0, 0.1) is 0 Å². The molecule has 0 aliphatic heterocycles. The Morgan fingerprint density at radius 2 is 2.50 bits per heavy atom. The molecule has 1 atom stereocenters. The third kappa shape index (κ3) is 4.23. The molecule has 0 aromatic carbocycles. The molecule has 1 aromatic heterocycles. The molecule has 0 saturated carbocycles. The van der Waals surface area contributed by atoms with Gasteiger partial charge in [0.1, 0.15) is 0 Å². The van der Waals surface area contributed by atoms with Crippen LogP contribution >= 0.6 is 0 Å². The van der Waals surface area contributed by atoms with Gasteiger partial charge in [-0.1, -0.05) is 6.08 Å². The Morgan fingerprint density at radius 1 is 1.64 bits per heavy atom. The Balaban J connectivity index is 2.10. The van der Waals surface area contributed by atoms with Crippen molar-refractivity contribution in [2.24, 2.45) is 0 Å². The van der Waals surface area contributed by atoms with Gasteiger partial charge in [0.15, 0.2) is 0 Å². The van der Waals surface area contributed by atoms with Gasteiger partial charge in [-0.15, -0.1) is 6.58 Å². The third-order valence-electron chi connectivity index (χ3n) is 2.12. The Morgan fingerprint density at radius 3 is 3.14 bits per heavy atom. The van der Waals surface area contributed by atoms with Gasteiger partial charge < -0.3 is 9.88 Å². The van der Waals surface area contributed by atoms with Crippen molar-refractivity contribution in [2.75, 3.05) is 6.54 Å². The van der Waals surface area contributed by atoms with Crippen molar-refractivity contribution in [1.29, 1.82) is 0 Å². The van der Waals surface area contributed by atoms with E-state index in [9.17, 15) is 0 Å². The maximum Gasteiger partial charge on any atom is 0.0946 e. The average molecular weight is 193 g/mol. The first-order valence-electron chi connectivity index (χ1n) is 5.13. The molecule has 0 fully saturated rings. The first kappa shape index (κ1) is 11.0. The van der Waals surface area contributed by atoms with Gasteiger partial charge in [-0.3, -0.25) is 0 Å². The molecule has 14 heavy (non-hydrogen) atoms. The summed E-state index contributed by atoms with van der Waals surface area (Å²) in [7, 11) is 0. The van der Waals surface area contributed by atoms with Crippen molar-refractivity contribution in [3.05, 3.63) is 31.4 Å². The normalized spacial score (nSPS) is 12.6. The minimum atomic E-state index is 0.494. The summed E-state index contributed by atoms with van der Waals surface area (Å²) >= 11 is 0. The zero-order valence-electron chi connectivity index (χ0n) is 8.82. The van der Waals surface area contributed by atoms with Crippen molar-refractivity contribution in [1.82, 2.24) is 14.9 Å². The minimum Gasteiger partial charge on any atom is -0.336 e. The summed E-state index contributed by atoms with van der Waals surface area (Å²) in [5.41, 5.74) is 0. The van der Waals surface area contributed by atoms with Crippen LogP contribution in [0.1, 0.15) is 19.8 Å². The molecule has 1 rings (SSSR count). The predicted octanol–water partition coefficient (Wildman–Crippen LogP) is 1.83. The zero-order valence-corrected chi connectivity index (χ0v) is 8.82. The summed E-state index contributed by atoms with van der Waals surface area (Å²) in [6, 6.07) is 0.494. The van der Waals surface area contributed by atoms with E-state index in [-0.39, 0.29) is 0 Å². The SMILES string of the molecule is C=CCCCNC(C)Cn1ccnc1. The molecule has 0 saturated heterocycles. The Hall–Kier alpha value is -1.09. The van der Waals surface area contributed by atoms with Gasteiger partial charge in [0.25, 0.3) is 0 Å². The fourth-order valence-corrected chi connectivity index (χ4v) is 1.37. The van der Waals surface area contributed by atoms with Gasteiger partial charge in [-0.25, -0.2) is 4.98 Å². The number of nitrogens with zero attached hydrogens (tertiary/aromatic N) is 2. The van der Waals surface area contributed by atoms with Crippen LogP contribution in [-0.2, 0) is 6.54 Å². The third-order valence-corrected chi connectivity index (χ3v) is 2.12. The lowest BCUT2D eigenvalue weighted by atomic mass is 10.2. The molecule has 0 aliphatic carbocycles. The highest BCUT2D eigenvalue weighted by molar-refractivity contribution is 4.76. The van der Waals surface area contributed by atoms with E-state index in [2.05, 4.69) is 28.4 Å². The molecular weight excluding hydrogens is 174 g/mol. The second kappa shape index (κ2) is 6.38. The lowest BCUT2D eigenvalue weighted by Gasteiger charge is -2.13. The zero-order chi connectivity index (χ0) is 10.2. The van der Waals surface area contributed by atoms with Crippen LogP contribution in [0.3, 0.4) is 0 Å². The van der Waals surface area contributed by atoms with Crippen LogP contribution in [0.5, 0.6) is 0 Å². The topological polar surface area (TPSA) is 29.9 Å². The molecule has 0 amide bonds. The molecule has 0 aliphatic rings. The number of hydrogen-bond donors (Lipinski definition) is 1. The number of allylic oxidation sites excluding steroid dienone is 1. The van der Waals surface area contributed by atoms with E-state index in [0.717, 1.165) is 25.9 Å². The standard InChI is InChI=1S/C11H19N3/c1-3-4-5-6-13-11(2)9-14-8-7-12-10-14/h3,7-8,10-11,13H,1,4-6,9H2,2H3. The quantitative estimate of drug-likeness (QED) is 0.529. The molecule has 78 valence electrons. The number of imidazole rings is 1. The van der Waals surface area contributed by atoms with E-state index >= 15 is 0 Å². The van der Waals surface area contributed by atoms with E-state index in [4.69, 9.17) is 0 Å². The Bertz CT molecular complexity index is 241. The van der Waals surface area contributed by atoms with E-state index in [1.165, 1.54) is 0 Å². The van der Waals surface area contributed by atoms with Crippen molar-refractivity contribution >= 4 is 0 Å². The first-order chi connectivity index (χ1) is 6.83. The van der Waals surface area contributed by atoms with Crippen molar-refractivity contribution in [2.45, 2.75) is 32.4 Å². The van der Waals surface area contributed by atoms with Gasteiger partial charge in [-0.05, 0) is 26.3 Å². The van der Waals surface area contributed by atoms with E-state index in [0.29, 0.717) is 6.04 Å². The molecular formula is C11H19N3. The summed E-state index contributed by atoms with van der Waals surface area (Å²) in [5.74, 6) is 0. The average Bonchev–Trinajstić information content (AvgIpc) is 2.65. The van der Waals surface area contributed by atoms with Gasteiger partial charge >= 0.3 is 0 Å². The Labute approximate surface area is 85.8 Å². The maximum absolute atomic E-state index is 4.01. The largest absolute Gasteiger partial charge is 0.336 e. The van der Waals surface area contributed by atoms with Crippen molar-refractivity contribution in [3.63, 3.8) is 0 Å². The molecule has 3 heteroatoms. The van der Waals surface area contributed by atoms with Crippen LogP contribution in [0.2, 0.25) is 0 Å². The van der Waals surface area contributed by atoms with Crippen LogP contribution in [0.15, 0.2) is 31.4 Å². The van der Waals surface area contributed by atoms with Gasteiger partial charge in [0.2, 0.25) is 0 Å². The lowest BCUT2D eigenvalue weighted by molar-refractivity contribution is 0.473. The molecule has 3 nitrogen and oxygen atoms in total. The minimum absolute atomic E-state index is 0.494. The molecule has 1 aromatic rings. The van der Waals surface area contributed by atoms with Crippen LogP contribution in [0.4, 0.5) is 0 Å². The number of nitrogens with one attached hydrogen (secondary N) is 1. The van der Waals surface area contributed by atoms with Crippen LogP contribution in [-0.4, -0.2) is 22.1 Å². The maximum atomic E-state index is 4.01. The molecule has 0 spiro atoms. The van der Waals surface area contributed by atoms with E-state index in [1.54, 1.807) is 0 Å². The fraction of sp³-hybridized carbons (Fsp3) is 0.545. The number of rotatable bonds is 7. The van der Waals surface area contributed by atoms with Crippen LogP contribution < -0.4 is 5.32 Å². The number of hydrogen-bond acceptors (Lipinski definition) is 2. The highest BCUT2D eigenvalue weighted by Crippen LogP contribution is 1.93. The molecule has 1 N–H and O–H groups in total. The van der Waals surface area contributed by atoms with Gasteiger partial charge in [0, 0.05) is 25.0 Å². The molecule has 0 radical (unpaired) electrons. The molecule has 0 bridgehead atoms. The fourth-order valence-electron chi connectivity index (χ4n) is 1.37. The van der Waals surface area contributed by atoms with Crippen molar-refractivity contribution in [3.8, 4) is 0 Å². The second-order valence-corrected chi connectivity index (χ2v) is 3.55. The summed E-state index contributed by atoms with van der Waals surface area (Å²) in [5, 5.41) is 3.46. The lowest BCUT2D eigenvalue weighted by Crippen LogP contribution is -2.30.